The summed E-state index contributed by atoms with van der Waals surface area (Å²) < 4.78 is 0. The van der Waals surface area contributed by atoms with Crippen LogP contribution in [-0.2, 0) is 4.79 Å². The molecule has 1 heterocycles. The third-order valence-electron chi connectivity index (χ3n) is 2.06. The molecule has 69 valence electrons. The number of hydrogen-bond acceptors (Lipinski definition) is 3. The summed E-state index contributed by atoms with van der Waals surface area (Å²) in [4.78, 5) is 11.4. The van der Waals surface area contributed by atoms with Gasteiger partial charge in [0, 0.05) is 25.6 Å². The Bertz CT molecular complexity index is 155. The molecule has 1 fully saturated rings. The highest BCUT2D eigenvalue weighted by Gasteiger charge is 2.25. The van der Waals surface area contributed by atoms with Gasteiger partial charge >= 0.3 is 0 Å². The van der Waals surface area contributed by atoms with Gasteiger partial charge in [-0.15, -0.1) is 0 Å². The van der Waals surface area contributed by atoms with Gasteiger partial charge in [0.15, 0.2) is 5.78 Å². The van der Waals surface area contributed by atoms with E-state index in [1.54, 1.807) is 6.92 Å². The molecule has 1 saturated heterocycles. The topological polar surface area (TPSA) is 63.4 Å². The molecule has 1 radical (unpaired) electrons. The van der Waals surface area contributed by atoms with Crippen molar-refractivity contribution in [3.63, 3.8) is 0 Å². The standard InChI is InChI=1S/C8H15N2O2/c1-6(5-11)8(12)7-4-9-2-3-10-7/h6-7,9,11H,2-5H2,1H3. The zero-order valence-electron chi connectivity index (χ0n) is 7.29. The first kappa shape index (κ1) is 9.64. The third kappa shape index (κ3) is 2.27. The summed E-state index contributed by atoms with van der Waals surface area (Å²) >= 11 is 0. The second kappa shape index (κ2) is 4.54. The molecule has 0 aromatic heterocycles. The summed E-state index contributed by atoms with van der Waals surface area (Å²) in [5.74, 6) is -0.233. The lowest BCUT2D eigenvalue weighted by molar-refractivity contribution is -0.125. The molecule has 0 amide bonds. The molecule has 0 spiro atoms. The van der Waals surface area contributed by atoms with Crippen molar-refractivity contribution in [3.05, 3.63) is 0 Å². The molecule has 0 aromatic rings. The maximum absolute atomic E-state index is 11.4. The molecule has 12 heavy (non-hydrogen) atoms. The number of carbonyl (C=O) groups excluding carboxylic acids is 1. The minimum atomic E-state index is -0.279. The molecule has 4 nitrogen and oxygen atoms in total. The Morgan fingerprint density at radius 1 is 1.83 bits per heavy atom. The number of Topliss-reactive ketones (excluding diaryl/α,β-unsaturated/α-hetero) is 1. The predicted molar refractivity (Wildman–Crippen MR) is 44.9 cm³/mol. The van der Waals surface area contributed by atoms with E-state index in [0.717, 1.165) is 6.54 Å². The van der Waals surface area contributed by atoms with Crippen LogP contribution in [0.2, 0.25) is 0 Å². The summed E-state index contributed by atoms with van der Waals surface area (Å²) in [6.45, 7) is 3.84. The van der Waals surface area contributed by atoms with Crippen LogP contribution in [0.25, 0.3) is 0 Å². The molecule has 2 atom stereocenters. The summed E-state index contributed by atoms with van der Waals surface area (Å²) in [6.07, 6.45) is 0. The maximum atomic E-state index is 11.4. The van der Waals surface area contributed by atoms with Crippen LogP contribution >= 0.6 is 0 Å². The van der Waals surface area contributed by atoms with Gasteiger partial charge in [0.2, 0.25) is 0 Å². The van der Waals surface area contributed by atoms with E-state index < -0.39 is 0 Å². The SMILES string of the molecule is CC(CO)C(=O)C1CNCC[N]1. The second-order valence-corrected chi connectivity index (χ2v) is 3.11. The fourth-order valence-electron chi connectivity index (χ4n) is 1.21. The minimum Gasteiger partial charge on any atom is -0.396 e. The predicted octanol–water partition coefficient (Wildman–Crippen LogP) is -1.24. The number of ketones is 1. The summed E-state index contributed by atoms with van der Waals surface area (Å²) in [6, 6.07) is -0.235. The number of hydrogen-bond donors (Lipinski definition) is 2. The van der Waals surface area contributed by atoms with Crippen molar-refractivity contribution in [2.45, 2.75) is 13.0 Å². The fourth-order valence-corrected chi connectivity index (χ4v) is 1.21. The van der Waals surface area contributed by atoms with Gasteiger partial charge in [0.1, 0.15) is 0 Å². The van der Waals surface area contributed by atoms with E-state index in [-0.39, 0.29) is 24.3 Å². The molecular weight excluding hydrogens is 156 g/mol. The van der Waals surface area contributed by atoms with E-state index in [1.807, 2.05) is 0 Å². The van der Waals surface area contributed by atoms with Crippen LogP contribution in [0.4, 0.5) is 0 Å². The minimum absolute atomic E-state index is 0.0460. The Labute approximate surface area is 72.3 Å². The Hall–Kier alpha value is -0.450. The van der Waals surface area contributed by atoms with E-state index >= 15 is 0 Å². The summed E-state index contributed by atoms with van der Waals surface area (Å²) in [5, 5.41) is 16.0. The molecule has 0 saturated carbocycles. The molecule has 2 unspecified atom stereocenters. The van der Waals surface area contributed by atoms with E-state index in [1.165, 1.54) is 0 Å². The van der Waals surface area contributed by atoms with Crippen molar-refractivity contribution in [3.8, 4) is 0 Å². The van der Waals surface area contributed by atoms with E-state index in [2.05, 4.69) is 10.6 Å². The average molecular weight is 171 g/mol. The van der Waals surface area contributed by atoms with Crippen LogP contribution in [0.5, 0.6) is 0 Å². The molecule has 2 N–H and O–H groups in total. The largest absolute Gasteiger partial charge is 0.396 e. The number of nitrogens with zero attached hydrogens (tertiary/aromatic N) is 1. The Morgan fingerprint density at radius 2 is 2.58 bits per heavy atom. The van der Waals surface area contributed by atoms with Crippen molar-refractivity contribution in [1.82, 2.24) is 10.6 Å². The molecule has 0 aliphatic carbocycles. The van der Waals surface area contributed by atoms with Crippen LogP contribution < -0.4 is 10.6 Å². The zero-order valence-corrected chi connectivity index (χ0v) is 7.29. The van der Waals surface area contributed by atoms with Crippen molar-refractivity contribution in [2.75, 3.05) is 26.2 Å². The zero-order chi connectivity index (χ0) is 8.97. The number of piperazine rings is 1. The molecule has 4 heteroatoms. The van der Waals surface area contributed by atoms with Gasteiger partial charge < -0.3 is 10.4 Å². The molecule has 1 aliphatic rings. The van der Waals surface area contributed by atoms with Crippen LogP contribution in [0.1, 0.15) is 6.92 Å². The highest BCUT2D eigenvalue weighted by atomic mass is 16.3. The Balaban J connectivity index is 2.39. The normalized spacial score (nSPS) is 26.7. The van der Waals surface area contributed by atoms with Crippen molar-refractivity contribution in [1.29, 1.82) is 0 Å². The Morgan fingerprint density at radius 3 is 3.08 bits per heavy atom. The van der Waals surface area contributed by atoms with Gasteiger partial charge in [-0.25, -0.2) is 5.32 Å². The van der Waals surface area contributed by atoms with Gasteiger partial charge in [-0.05, 0) is 0 Å². The molecule has 0 aromatic carbocycles. The number of aliphatic hydroxyl groups excluding tert-OH is 1. The summed E-state index contributed by atoms with van der Waals surface area (Å²) in [7, 11) is 0. The van der Waals surface area contributed by atoms with Crippen molar-refractivity contribution in [2.24, 2.45) is 5.92 Å². The van der Waals surface area contributed by atoms with Crippen molar-refractivity contribution >= 4 is 5.78 Å². The smallest absolute Gasteiger partial charge is 0.157 e. The summed E-state index contributed by atoms with van der Waals surface area (Å²) in [5.41, 5.74) is 0. The molecular formula is C8H15N2O2. The number of nitrogens with one attached hydrogen (secondary N) is 1. The lowest BCUT2D eigenvalue weighted by atomic mass is 10.00. The highest BCUT2D eigenvalue weighted by Crippen LogP contribution is 2.02. The van der Waals surface area contributed by atoms with Gasteiger partial charge in [0.05, 0.1) is 12.6 Å². The quantitative estimate of drug-likeness (QED) is 0.558. The average Bonchev–Trinajstić information content (AvgIpc) is 2.17. The lowest BCUT2D eigenvalue weighted by Crippen LogP contribution is -2.50. The lowest BCUT2D eigenvalue weighted by Gasteiger charge is -2.23. The Kier molecular flexibility index (Phi) is 3.65. The van der Waals surface area contributed by atoms with Crippen LogP contribution in [0.3, 0.4) is 0 Å². The molecule has 0 bridgehead atoms. The van der Waals surface area contributed by atoms with Gasteiger partial charge in [0.25, 0.3) is 0 Å². The first-order valence-electron chi connectivity index (χ1n) is 4.27. The molecule has 1 aliphatic heterocycles. The van der Waals surface area contributed by atoms with Gasteiger partial charge in [-0.2, -0.15) is 0 Å². The van der Waals surface area contributed by atoms with Crippen LogP contribution in [0.15, 0.2) is 0 Å². The molecule has 1 rings (SSSR count). The second-order valence-electron chi connectivity index (χ2n) is 3.11. The first-order valence-corrected chi connectivity index (χ1v) is 4.27. The number of aliphatic hydroxyl groups is 1. The van der Waals surface area contributed by atoms with E-state index in [4.69, 9.17) is 5.11 Å². The number of rotatable bonds is 3. The van der Waals surface area contributed by atoms with E-state index in [9.17, 15) is 4.79 Å². The fraction of sp³-hybridized carbons (Fsp3) is 0.875. The van der Waals surface area contributed by atoms with Crippen molar-refractivity contribution < 1.29 is 9.90 Å². The monoisotopic (exact) mass is 171 g/mol. The first-order chi connectivity index (χ1) is 5.75. The van der Waals surface area contributed by atoms with Gasteiger partial charge in [-0.3, -0.25) is 4.79 Å². The van der Waals surface area contributed by atoms with Crippen LogP contribution in [0, 0.1) is 5.92 Å². The maximum Gasteiger partial charge on any atom is 0.157 e. The van der Waals surface area contributed by atoms with Crippen LogP contribution in [-0.4, -0.2) is 43.2 Å². The van der Waals surface area contributed by atoms with Gasteiger partial charge in [-0.1, -0.05) is 6.92 Å². The number of carbonyl (C=O) groups is 1. The van der Waals surface area contributed by atoms with E-state index in [0.29, 0.717) is 13.1 Å². The third-order valence-corrected chi connectivity index (χ3v) is 2.06. The highest BCUT2D eigenvalue weighted by molar-refractivity contribution is 5.86.